The number of unbranched alkanes of at least 4 members (excludes halogenated alkanes) is 21. The molecule has 88 heavy (non-hydrogen) atoms. The number of carbonyl (C=O) groups is 1. The molecular weight excluding hydrogens is 1110 g/mol. The molecule has 0 aromatic carbocycles. The summed E-state index contributed by atoms with van der Waals surface area (Å²) in [4.78, 5) is 13.3. The number of aliphatic hydroxyl groups is 8. The maximum atomic E-state index is 13.3. The van der Waals surface area contributed by atoms with E-state index in [9.17, 15) is 45.6 Å². The number of aliphatic hydroxyl groups excluding tert-OH is 8. The van der Waals surface area contributed by atoms with Gasteiger partial charge < -0.3 is 65.1 Å². The van der Waals surface area contributed by atoms with Gasteiger partial charge in [-0.25, -0.2) is 0 Å². The fourth-order valence-electron chi connectivity index (χ4n) is 10.3. The molecule has 0 aromatic rings. The van der Waals surface area contributed by atoms with E-state index >= 15 is 0 Å². The van der Waals surface area contributed by atoms with Crippen LogP contribution in [0.2, 0.25) is 0 Å². The number of ether oxygens (including phenoxy) is 4. The van der Waals surface area contributed by atoms with Crippen LogP contribution in [0.5, 0.6) is 0 Å². The molecule has 0 bridgehead atoms. The number of rotatable bonds is 54. The number of carbonyl (C=O) groups excluding carboxylic acids is 1. The Morgan fingerprint density at radius 1 is 0.420 bits per heavy atom. The van der Waals surface area contributed by atoms with Crippen LogP contribution >= 0.6 is 0 Å². The summed E-state index contributed by atoms with van der Waals surface area (Å²) >= 11 is 0. The minimum absolute atomic E-state index is 0.244. The Bertz CT molecular complexity index is 1990. The molecule has 12 atom stereocenters. The zero-order valence-electron chi connectivity index (χ0n) is 54.4. The number of nitrogens with one attached hydrogen (secondary N) is 1. The van der Waals surface area contributed by atoms with Gasteiger partial charge in [-0.15, -0.1) is 0 Å². The van der Waals surface area contributed by atoms with E-state index in [0.717, 1.165) is 116 Å². The Morgan fingerprint density at radius 2 is 0.795 bits per heavy atom. The lowest BCUT2D eigenvalue weighted by atomic mass is 9.97. The molecule has 502 valence electrons. The average Bonchev–Trinajstić information content (AvgIpc) is 3.10. The van der Waals surface area contributed by atoms with E-state index in [1.807, 2.05) is 6.08 Å². The lowest BCUT2D eigenvalue weighted by Gasteiger charge is -2.46. The van der Waals surface area contributed by atoms with Crippen molar-refractivity contribution in [3.05, 3.63) is 134 Å². The minimum atomic E-state index is -1.80. The number of allylic oxidation sites excluding steroid dienone is 21. The van der Waals surface area contributed by atoms with Crippen LogP contribution in [-0.2, 0) is 23.7 Å². The summed E-state index contributed by atoms with van der Waals surface area (Å²) < 4.78 is 22.8. The first-order chi connectivity index (χ1) is 43.1. The first kappa shape index (κ1) is 80.2. The maximum Gasteiger partial charge on any atom is 0.220 e. The molecular formula is C74H123NO13. The fourth-order valence-corrected chi connectivity index (χ4v) is 10.3. The normalized spacial score (nSPS) is 24.0. The van der Waals surface area contributed by atoms with Gasteiger partial charge in [-0.3, -0.25) is 4.79 Å². The molecule has 0 saturated carbocycles. The predicted octanol–water partition coefficient (Wildman–Crippen LogP) is 13.9. The quantitative estimate of drug-likeness (QED) is 0.0204. The second kappa shape index (κ2) is 57.1. The van der Waals surface area contributed by atoms with Gasteiger partial charge in [0, 0.05) is 6.42 Å². The first-order valence-corrected chi connectivity index (χ1v) is 34.4. The summed E-state index contributed by atoms with van der Waals surface area (Å²) in [6.45, 7) is 2.65. The highest BCUT2D eigenvalue weighted by Gasteiger charge is 2.51. The lowest BCUT2D eigenvalue weighted by molar-refractivity contribution is -0.359. The molecule has 0 aliphatic carbocycles. The highest BCUT2D eigenvalue weighted by molar-refractivity contribution is 5.76. The van der Waals surface area contributed by atoms with Gasteiger partial charge in [0.05, 0.1) is 32.0 Å². The van der Waals surface area contributed by atoms with E-state index in [4.69, 9.17) is 18.9 Å². The molecule has 1 amide bonds. The number of amides is 1. The molecule has 14 heteroatoms. The molecule has 2 saturated heterocycles. The van der Waals surface area contributed by atoms with Gasteiger partial charge in [0.15, 0.2) is 12.6 Å². The van der Waals surface area contributed by atoms with Crippen molar-refractivity contribution in [2.45, 2.75) is 306 Å². The standard InChI is InChI=1S/C74H123NO13/c1-3-5-7-9-11-13-15-17-19-21-23-25-27-28-29-30-31-32-33-34-36-38-40-42-44-46-48-50-52-54-56-58-66(79)75-62(61-85-73-71(84)69(82)72(65(60-77)87-73)88-74-70(83)68(81)67(80)64(59-76)86-74)63(78)57-55-53-51-49-47-45-43-41-39-37-35-26-24-22-20-18-16-14-12-10-8-6-4-2/h5,7,11,13,17,19,23,25,28-29,31-32,34,36,39-42,47,49,55,57,62-65,67-74,76-78,80-84H,3-4,6,8-10,12,14-16,18,20-22,24,26-27,30,33,35,37-38,43-46,48,50-54,56,58-61H2,1-2H3,(H,75,79)/b7-5-,13-11-,19-17-,25-23-,29-28-,32-31-,36-34-,41-39+,42-40-,49-47+,57-55+. The summed E-state index contributed by atoms with van der Waals surface area (Å²) in [7, 11) is 0. The van der Waals surface area contributed by atoms with Gasteiger partial charge in [-0.1, -0.05) is 250 Å². The molecule has 12 unspecified atom stereocenters. The van der Waals surface area contributed by atoms with Crippen molar-refractivity contribution in [2.24, 2.45) is 0 Å². The molecule has 2 heterocycles. The van der Waals surface area contributed by atoms with Crippen molar-refractivity contribution in [1.82, 2.24) is 5.32 Å². The van der Waals surface area contributed by atoms with E-state index in [1.54, 1.807) is 6.08 Å². The van der Waals surface area contributed by atoms with Crippen LogP contribution in [0.1, 0.15) is 232 Å². The third kappa shape index (κ3) is 40.8. The fraction of sp³-hybridized carbons (Fsp3) is 0.689. The van der Waals surface area contributed by atoms with Crippen molar-refractivity contribution < 1.29 is 64.6 Å². The predicted molar refractivity (Wildman–Crippen MR) is 359 cm³/mol. The van der Waals surface area contributed by atoms with Gasteiger partial charge >= 0.3 is 0 Å². The summed E-state index contributed by atoms with van der Waals surface area (Å²) in [6.07, 6.45) is 67.8. The van der Waals surface area contributed by atoms with Crippen LogP contribution in [0.3, 0.4) is 0 Å². The molecule has 2 aliphatic heterocycles. The Kier molecular flexibility index (Phi) is 52.0. The highest BCUT2D eigenvalue weighted by atomic mass is 16.7. The van der Waals surface area contributed by atoms with Crippen LogP contribution < -0.4 is 5.32 Å². The number of hydrogen-bond donors (Lipinski definition) is 9. The van der Waals surface area contributed by atoms with Gasteiger partial charge in [0.2, 0.25) is 5.91 Å². The van der Waals surface area contributed by atoms with E-state index in [-0.39, 0.29) is 18.9 Å². The van der Waals surface area contributed by atoms with Crippen LogP contribution in [0, 0.1) is 0 Å². The van der Waals surface area contributed by atoms with E-state index < -0.39 is 86.8 Å². The van der Waals surface area contributed by atoms with Crippen LogP contribution in [-0.4, -0.2) is 140 Å². The van der Waals surface area contributed by atoms with E-state index in [0.29, 0.717) is 12.8 Å². The van der Waals surface area contributed by atoms with E-state index in [1.165, 1.54) is 83.5 Å². The molecule has 0 aromatic heterocycles. The van der Waals surface area contributed by atoms with Crippen molar-refractivity contribution >= 4 is 5.91 Å². The zero-order valence-corrected chi connectivity index (χ0v) is 54.4. The summed E-state index contributed by atoms with van der Waals surface area (Å²) in [6, 6.07) is -0.958. The Balaban J connectivity index is 1.74. The zero-order chi connectivity index (χ0) is 63.8. The molecule has 0 radical (unpaired) electrons. The summed E-state index contributed by atoms with van der Waals surface area (Å²) in [5.41, 5.74) is 0. The maximum absolute atomic E-state index is 13.3. The third-order valence-corrected chi connectivity index (χ3v) is 15.8. The van der Waals surface area contributed by atoms with Gasteiger partial charge in [0.1, 0.15) is 48.8 Å². The van der Waals surface area contributed by atoms with Crippen molar-refractivity contribution in [3.8, 4) is 0 Å². The summed E-state index contributed by atoms with van der Waals surface area (Å²) in [5.74, 6) is -0.273. The summed E-state index contributed by atoms with van der Waals surface area (Å²) in [5, 5.41) is 87.4. The van der Waals surface area contributed by atoms with Crippen molar-refractivity contribution in [2.75, 3.05) is 19.8 Å². The highest BCUT2D eigenvalue weighted by Crippen LogP contribution is 2.30. The van der Waals surface area contributed by atoms with Gasteiger partial charge in [-0.2, -0.15) is 0 Å². The largest absolute Gasteiger partial charge is 0.394 e. The van der Waals surface area contributed by atoms with Crippen LogP contribution in [0.25, 0.3) is 0 Å². The number of hydrogen-bond acceptors (Lipinski definition) is 13. The second-order valence-corrected chi connectivity index (χ2v) is 23.5. The Morgan fingerprint density at radius 3 is 1.25 bits per heavy atom. The molecule has 0 spiro atoms. The molecule has 14 nitrogen and oxygen atoms in total. The van der Waals surface area contributed by atoms with Crippen molar-refractivity contribution in [1.29, 1.82) is 0 Å². The smallest absolute Gasteiger partial charge is 0.220 e. The lowest BCUT2D eigenvalue weighted by Crippen LogP contribution is -2.65. The van der Waals surface area contributed by atoms with E-state index in [2.05, 4.69) is 141 Å². The van der Waals surface area contributed by atoms with Crippen LogP contribution in [0.4, 0.5) is 0 Å². The minimum Gasteiger partial charge on any atom is -0.394 e. The second-order valence-electron chi connectivity index (χ2n) is 23.5. The third-order valence-electron chi connectivity index (χ3n) is 15.8. The van der Waals surface area contributed by atoms with Crippen LogP contribution in [0.15, 0.2) is 134 Å². The first-order valence-electron chi connectivity index (χ1n) is 34.4. The molecule has 2 rings (SSSR count). The SMILES string of the molecule is CC/C=C\C/C=C\C/C=C\C/C=C\C/C=C\C/C=C\C/C=C\C/C=C\CCCCCCCCC(=O)NC(COC1OC(CO)C(OC2OC(CO)C(O)C(O)C2O)C(O)C1O)C(O)/C=C/CC/C=C/CC/C=C/CCCCCCCCCCCCCCC. The molecule has 2 fully saturated rings. The van der Waals surface area contributed by atoms with Crippen molar-refractivity contribution in [3.63, 3.8) is 0 Å². The Hall–Kier alpha value is -3.87. The molecule has 2 aliphatic rings. The Labute approximate surface area is 532 Å². The van der Waals surface area contributed by atoms with Gasteiger partial charge in [0.25, 0.3) is 0 Å². The topological polar surface area (TPSA) is 228 Å². The average molecular weight is 1230 g/mol. The monoisotopic (exact) mass is 1230 g/mol. The van der Waals surface area contributed by atoms with Gasteiger partial charge in [-0.05, 0) is 109 Å². The molecule has 9 N–H and O–H groups in total.